The van der Waals surface area contributed by atoms with Crippen molar-refractivity contribution in [3.8, 4) is 5.75 Å². The summed E-state index contributed by atoms with van der Waals surface area (Å²) in [6, 6.07) is 12.9. The van der Waals surface area contributed by atoms with E-state index in [4.69, 9.17) is 6.11 Å². The lowest BCUT2D eigenvalue weighted by Gasteiger charge is -2.46. The molecule has 3 aromatic rings. The SMILES string of the molecule is [2H]CC(C)(C)[C@H](NC(=O)CNC(=O)COc1ccc([C@@H]2[C@@H](SSc3ncccc3[N+](=O)[O-])C(=O)N2c2ccc(F)cc2)cc1)C(=O)O. The Morgan fingerprint density at radius 2 is 1.87 bits per heavy atom. The Hall–Kier alpha value is -4.70. The number of hydrogen-bond donors (Lipinski definition) is 3. The molecule has 1 saturated heterocycles. The molecule has 46 heavy (non-hydrogen) atoms. The van der Waals surface area contributed by atoms with Crippen molar-refractivity contribution in [3.05, 3.63) is 88.4 Å². The highest BCUT2D eigenvalue weighted by molar-refractivity contribution is 8.77. The maximum atomic E-state index is 13.6. The minimum Gasteiger partial charge on any atom is -0.484 e. The van der Waals surface area contributed by atoms with Gasteiger partial charge in [0, 0.05) is 19.3 Å². The van der Waals surface area contributed by atoms with Gasteiger partial charge in [0.25, 0.3) is 5.91 Å². The van der Waals surface area contributed by atoms with Gasteiger partial charge in [-0.15, -0.1) is 0 Å². The van der Waals surface area contributed by atoms with E-state index in [1.807, 2.05) is 0 Å². The number of nitrogens with one attached hydrogen (secondary N) is 2. The van der Waals surface area contributed by atoms with Gasteiger partial charge in [0.2, 0.25) is 11.8 Å². The van der Waals surface area contributed by atoms with Gasteiger partial charge < -0.3 is 25.4 Å². The molecule has 0 bridgehead atoms. The molecule has 2 heterocycles. The Labute approximate surface area is 272 Å². The van der Waals surface area contributed by atoms with E-state index in [-0.39, 0.29) is 23.5 Å². The van der Waals surface area contributed by atoms with Gasteiger partial charge in [-0.25, -0.2) is 14.2 Å². The third kappa shape index (κ3) is 8.31. The summed E-state index contributed by atoms with van der Waals surface area (Å²) in [5.41, 5.74) is -0.0702. The monoisotopic (exact) mass is 672 g/mol. The number of nitrogens with zero attached hydrogens (tertiary/aromatic N) is 3. The zero-order chi connectivity index (χ0) is 34.3. The van der Waals surface area contributed by atoms with Crippen LogP contribution in [-0.4, -0.2) is 63.1 Å². The molecule has 0 radical (unpaired) electrons. The van der Waals surface area contributed by atoms with E-state index in [1.54, 1.807) is 24.3 Å². The average molecular weight is 673 g/mol. The van der Waals surface area contributed by atoms with Crippen molar-refractivity contribution in [2.75, 3.05) is 18.1 Å². The molecule has 3 amide bonds. The molecule has 0 unspecified atom stereocenters. The number of pyridine rings is 1. The van der Waals surface area contributed by atoms with Gasteiger partial charge in [-0.2, -0.15) is 0 Å². The van der Waals surface area contributed by atoms with Gasteiger partial charge in [-0.05, 0) is 64.2 Å². The largest absolute Gasteiger partial charge is 0.484 e. The number of anilines is 1. The van der Waals surface area contributed by atoms with E-state index in [2.05, 4.69) is 15.6 Å². The number of β-lactam (4-membered cyclic amide) rings is 1. The zero-order valence-corrected chi connectivity index (χ0v) is 26.2. The van der Waals surface area contributed by atoms with E-state index in [0.29, 0.717) is 17.0 Å². The topological polar surface area (TPSA) is 181 Å². The first-order chi connectivity index (χ1) is 22.3. The molecule has 0 spiro atoms. The summed E-state index contributed by atoms with van der Waals surface area (Å²) in [7, 11) is 2.13. The lowest BCUT2D eigenvalue weighted by Crippen LogP contribution is -2.57. The molecule has 3 atom stereocenters. The van der Waals surface area contributed by atoms with Crippen LogP contribution in [0.4, 0.5) is 15.8 Å². The number of nitro groups is 1. The Bertz CT molecular complexity index is 1650. The fourth-order valence-corrected chi connectivity index (χ4v) is 7.03. The number of carbonyl (C=O) groups excluding carboxylic acids is 3. The molecule has 3 N–H and O–H groups in total. The Morgan fingerprint density at radius 3 is 2.50 bits per heavy atom. The van der Waals surface area contributed by atoms with Crippen molar-refractivity contribution in [2.24, 2.45) is 5.41 Å². The summed E-state index contributed by atoms with van der Waals surface area (Å²) >= 11 is 0. The summed E-state index contributed by atoms with van der Waals surface area (Å²) in [4.78, 5) is 65.8. The van der Waals surface area contributed by atoms with Crippen molar-refractivity contribution in [2.45, 2.75) is 43.1 Å². The van der Waals surface area contributed by atoms with Crippen molar-refractivity contribution in [1.82, 2.24) is 15.6 Å². The number of carbonyl (C=O) groups is 4. The second kappa shape index (κ2) is 14.6. The van der Waals surface area contributed by atoms with Crippen LogP contribution >= 0.6 is 21.6 Å². The Balaban J connectivity index is 1.39. The standard InChI is InChI=1S/C30H30FN5O8S2/c1-30(2,3)26(29(40)41)34-22(37)15-33-23(38)16-44-20-12-6-17(7-13-20)24-25(28(39)35(24)19-10-8-18(31)9-11-19)45-46-27-21(36(42)43)5-4-14-32-27/h4-14,24-26H,15-16H2,1-3H3,(H,33,38)(H,34,37)(H,40,41)/t24-,25-,26-/m1/s1/i1D. The first-order valence-corrected chi connectivity index (χ1v) is 15.9. The van der Waals surface area contributed by atoms with Gasteiger partial charge in [0.15, 0.2) is 11.6 Å². The number of hydrogen-bond acceptors (Lipinski definition) is 10. The maximum absolute atomic E-state index is 13.6. The number of halogens is 1. The average Bonchev–Trinajstić information content (AvgIpc) is 3.05. The molecule has 1 fully saturated rings. The molecule has 13 nitrogen and oxygen atoms in total. The van der Waals surface area contributed by atoms with E-state index in [0.717, 1.165) is 21.6 Å². The summed E-state index contributed by atoms with van der Waals surface area (Å²) in [6.45, 7) is 1.89. The molecule has 16 heteroatoms. The molecule has 1 aliphatic rings. The number of aromatic nitrogens is 1. The van der Waals surface area contributed by atoms with Crippen molar-refractivity contribution < 1.29 is 39.7 Å². The van der Waals surface area contributed by atoms with Crippen LogP contribution in [0.1, 0.15) is 33.7 Å². The van der Waals surface area contributed by atoms with Crippen LogP contribution in [0.25, 0.3) is 0 Å². The van der Waals surface area contributed by atoms with Crippen LogP contribution in [0.3, 0.4) is 0 Å². The number of aliphatic carboxylic acids is 1. The second-order valence-corrected chi connectivity index (χ2v) is 13.1. The zero-order valence-electron chi connectivity index (χ0n) is 25.5. The molecule has 0 saturated carbocycles. The van der Waals surface area contributed by atoms with E-state index in [1.165, 1.54) is 61.3 Å². The van der Waals surface area contributed by atoms with Crippen LogP contribution in [0.5, 0.6) is 5.75 Å². The number of carboxylic acids is 1. The Kier molecular flexibility index (Phi) is 10.4. The van der Waals surface area contributed by atoms with Gasteiger partial charge >= 0.3 is 11.7 Å². The number of ether oxygens (including phenoxy) is 1. The number of benzene rings is 2. The highest BCUT2D eigenvalue weighted by atomic mass is 33.1. The lowest BCUT2D eigenvalue weighted by atomic mass is 9.87. The fourth-order valence-electron chi connectivity index (χ4n) is 4.40. The fraction of sp³-hybridized carbons (Fsp3) is 0.300. The third-order valence-electron chi connectivity index (χ3n) is 6.70. The highest BCUT2D eigenvalue weighted by Gasteiger charge is 2.50. The van der Waals surface area contributed by atoms with E-state index < -0.39 is 64.4 Å². The van der Waals surface area contributed by atoms with E-state index in [9.17, 15) is 38.8 Å². The smallest absolute Gasteiger partial charge is 0.326 e. The van der Waals surface area contributed by atoms with Crippen LogP contribution < -0.4 is 20.3 Å². The number of rotatable bonds is 13. The van der Waals surface area contributed by atoms with Gasteiger partial charge in [0.1, 0.15) is 22.9 Å². The van der Waals surface area contributed by atoms with Crippen LogP contribution in [0.2, 0.25) is 0 Å². The molecular formula is C30H30FN5O8S2. The predicted molar refractivity (Wildman–Crippen MR) is 169 cm³/mol. The van der Waals surface area contributed by atoms with Crippen LogP contribution in [0, 0.1) is 21.3 Å². The first kappa shape index (κ1) is 32.7. The van der Waals surface area contributed by atoms with Gasteiger partial charge in [-0.1, -0.05) is 43.7 Å². The lowest BCUT2D eigenvalue weighted by molar-refractivity contribution is -0.388. The normalized spacial score (nSPS) is 16.9. The van der Waals surface area contributed by atoms with Crippen LogP contribution in [0.15, 0.2) is 71.9 Å². The highest BCUT2D eigenvalue weighted by Crippen LogP contribution is 2.51. The molecular weight excluding hydrogens is 641 g/mol. The van der Waals surface area contributed by atoms with Crippen molar-refractivity contribution in [3.63, 3.8) is 0 Å². The predicted octanol–water partition coefficient (Wildman–Crippen LogP) is 4.14. The first-order valence-electron chi connectivity index (χ1n) is 14.4. The van der Waals surface area contributed by atoms with Gasteiger partial charge in [0.05, 0.1) is 17.5 Å². The van der Waals surface area contributed by atoms with Crippen molar-refractivity contribution >= 4 is 56.7 Å². The summed E-state index contributed by atoms with van der Waals surface area (Å²) in [6.07, 6.45) is 1.42. The minimum absolute atomic E-state index is 0.146. The molecule has 4 rings (SSSR count). The summed E-state index contributed by atoms with van der Waals surface area (Å²) < 4.78 is 26.7. The molecule has 1 aliphatic heterocycles. The van der Waals surface area contributed by atoms with Gasteiger partial charge in [-0.3, -0.25) is 24.5 Å². The molecule has 1 aromatic heterocycles. The number of carboxylic acid groups (broad SMARTS) is 1. The minimum atomic E-state index is -1.31. The van der Waals surface area contributed by atoms with Crippen LogP contribution in [-0.2, 0) is 19.2 Å². The summed E-state index contributed by atoms with van der Waals surface area (Å²) in [5.74, 6) is -3.11. The van der Waals surface area contributed by atoms with Crippen molar-refractivity contribution in [1.29, 1.82) is 0 Å². The Morgan fingerprint density at radius 1 is 1.17 bits per heavy atom. The number of amides is 3. The maximum Gasteiger partial charge on any atom is 0.326 e. The quantitative estimate of drug-likeness (QED) is 0.103. The van der Waals surface area contributed by atoms with E-state index >= 15 is 0 Å². The molecule has 242 valence electrons. The summed E-state index contributed by atoms with van der Waals surface area (Å²) in [5, 5.41) is 25.0. The molecule has 2 aromatic carbocycles. The second-order valence-electron chi connectivity index (χ2n) is 10.8. The molecule has 0 aliphatic carbocycles. The third-order valence-corrected chi connectivity index (χ3v) is 9.32.